The lowest BCUT2D eigenvalue weighted by Gasteiger charge is -2.11. The van der Waals surface area contributed by atoms with Crippen molar-refractivity contribution >= 4 is 11.6 Å². The van der Waals surface area contributed by atoms with E-state index in [2.05, 4.69) is 5.32 Å². The first kappa shape index (κ1) is 10.6. The summed E-state index contributed by atoms with van der Waals surface area (Å²) in [6.45, 7) is 2.89. The van der Waals surface area contributed by atoms with Gasteiger partial charge in [0, 0.05) is 31.9 Å². The first-order valence-corrected chi connectivity index (χ1v) is 4.70. The predicted molar refractivity (Wildman–Crippen MR) is 58.6 cm³/mol. The lowest BCUT2D eigenvalue weighted by atomic mass is 10.2. The Hall–Kier alpha value is -1.51. The van der Waals surface area contributed by atoms with Crippen molar-refractivity contribution in [2.45, 2.75) is 6.92 Å². The quantitative estimate of drug-likeness (QED) is 0.792. The molecule has 3 heteroatoms. The maximum Gasteiger partial charge on any atom is 0.253 e. The lowest BCUT2D eigenvalue weighted by Crippen LogP contribution is -2.21. The monoisotopic (exact) mass is 192 g/mol. The predicted octanol–water partition coefficient (Wildman–Crippen LogP) is 1.82. The van der Waals surface area contributed by atoms with E-state index in [4.69, 9.17) is 0 Å². The Morgan fingerprint density at radius 1 is 1.43 bits per heavy atom. The van der Waals surface area contributed by atoms with Gasteiger partial charge in [-0.2, -0.15) is 0 Å². The number of carbonyl (C=O) groups is 1. The van der Waals surface area contributed by atoms with E-state index in [1.54, 1.807) is 19.0 Å². The van der Waals surface area contributed by atoms with Crippen LogP contribution in [0, 0.1) is 0 Å². The van der Waals surface area contributed by atoms with Crippen molar-refractivity contribution in [3.05, 3.63) is 29.8 Å². The molecule has 76 valence electrons. The second-order valence-corrected chi connectivity index (χ2v) is 3.31. The van der Waals surface area contributed by atoms with Gasteiger partial charge in [0.1, 0.15) is 0 Å². The molecule has 0 fully saturated rings. The fraction of sp³-hybridized carbons (Fsp3) is 0.364. The van der Waals surface area contributed by atoms with E-state index < -0.39 is 0 Å². The molecule has 0 spiro atoms. The Morgan fingerprint density at radius 2 is 2.14 bits per heavy atom. The molecular weight excluding hydrogens is 176 g/mol. The lowest BCUT2D eigenvalue weighted by molar-refractivity contribution is 0.0827. The van der Waals surface area contributed by atoms with E-state index in [1.807, 2.05) is 31.2 Å². The fourth-order valence-electron chi connectivity index (χ4n) is 1.22. The highest BCUT2D eigenvalue weighted by Crippen LogP contribution is 2.11. The second-order valence-electron chi connectivity index (χ2n) is 3.31. The van der Waals surface area contributed by atoms with Crippen LogP contribution in [0.2, 0.25) is 0 Å². The summed E-state index contributed by atoms with van der Waals surface area (Å²) >= 11 is 0. The van der Waals surface area contributed by atoms with Crippen LogP contribution in [0.3, 0.4) is 0 Å². The Balaban J connectivity index is 2.88. The minimum atomic E-state index is 0.0322. The van der Waals surface area contributed by atoms with Gasteiger partial charge in [-0.25, -0.2) is 0 Å². The minimum Gasteiger partial charge on any atom is -0.385 e. The molecule has 0 atom stereocenters. The highest BCUT2D eigenvalue weighted by Gasteiger charge is 2.07. The van der Waals surface area contributed by atoms with Crippen molar-refractivity contribution in [2.75, 3.05) is 26.0 Å². The molecule has 1 aromatic carbocycles. The highest BCUT2D eigenvalue weighted by atomic mass is 16.2. The van der Waals surface area contributed by atoms with Gasteiger partial charge in [0.2, 0.25) is 0 Å². The average Bonchev–Trinajstić information content (AvgIpc) is 2.17. The van der Waals surface area contributed by atoms with E-state index in [9.17, 15) is 4.79 Å². The number of hydrogen-bond acceptors (Lipinski definition) is 2. The standard InChI is InChI=1S/C11H16N2O/c1-4-12-10-7-5-6-9(8-10)11(14)13(2)3/h5-8,12H,4H2,1-3H3. The summed E-state index contributed by atoms with van der Waals surface area (Å²) in [7, 11) is 3.50. The van der Waals surface area contributed by atoms with Gasteiger partial charge < -0.3 is 10.2 Å². The molecule has 0 radical (unpaired) electrons. The Kier molecular flexibility index (Phi) is 3.51. The Bertz CT molecular complexity index is 321. The van der Waals surface area contributed by atoms with E-state index in [0.717, 1.165) is 12.2 Å². The summed E-state index contributed by atoms with van der Waals surface area (Å²) in [5.74, 6) is 0.0322. The van der Waals surface area contributed by atoms with Gasteiger partial charge >= 0.3 is 0 Å². The molecular formula is C11H16N2O. The van der Waals surface area contributed by atoms with Crippen LogP contribution in [0.25, 0.3) is 0 Å². The maximum absolute atomic E-state index is 11.6. The van der Waals surface area contributed by atoms with Crippen molar-refractivity contribution < 1.29 is 4.79 Å². The second kappa shape index (κ2) is 4.65. The Labute approximate surface area is 84.7 Å². The molecule has 0 aromatic heterocycles. The van der Waals surface area contributed by atoms with Crippen LogP contribution in [0.15, 0.2) is 24.3 Å². The SMILES string of the molecule is CCNc1cccc(C(=O)N(C)C)c1. The smallest absolute Gasteiger partial charge is 0.253 e. The number of benzene rings is 1. The molecule has 1 aromatic rings. The van der Waals surface area contributed by atoms with Crippen LogP contribution in [0.1, 0.15) is 17.3 Å². The van der Waals surface area contributed by atoms with Gasteiger partial charge in [-0.05, 0) is 25.1 Å². The van der Waals surface area contributed by atoms with Gasteiger partial charge in [0.15, 0.2) is 0 Å². The molecule has 0 saturated heterocycles. The number of rotatable bonds is 3. The van der Waals surface area contributed by atoms with Crippen molar-refractivity contribution in [3.8, 4) is 0 Å². The Morgan fingerprint density at radius 3 is 2.71 bits per heavy atom. The molecule has 0 aliphatic heterocycles. The molecule has 0 aliphatic carbocycles. The van der Waals surface area contributed by atoms with Gasteiger partial charge in [-0.1, -0.05) is 6.07 Å². The topological polar surface area (TPSA) is 32.3 Å². The van der Waals surface area contributed by atoms with Crippen LogP contribution >= 0.6 is 0 Å². The average molecular weight is 192 g/mol. The fourth-order valence-corrected chi connectivity index (χ4v) is 1.22. The zero-order chi connectivity index (χ0) is 10.6. The highest BCUT2D eigenvalue weighted by molar-refractivity contribution is 5.94. The number of hydrogen-bond donors (Lipinski definition) is 1. The molecule has 0 heterocycles. The number of nitrogens with zero attached hydrogens (tertiary/aromatic N) is 1. The maximum atomic E-state index is 11.6. The third kappa shape index (κ3) is 2.49. The number of anilines is 1. The van der Waals surface area contributed by atoms with E-state index in [0.29, 0.717) is 5.56 Å². The van der Waals surface area contributed by atoms with Crippen LogP contribution in [-0.2, 0) is 0 Å². The summed E-state index contributed by atoms with van der Waals surface area (Å²) in [6, 6.07) is 7.53. The molecule has 1 rings (SSSR count). The van der Waals surface area contributed by atoms with Crippen LogP contribution in [-0.4, -0.2) is 31.4 Å². The first-order valence-electron chi connectivity index (χ1n) is 4.70. The molecule has 0 unspecified atom stereocenters. The third-order valence-electron chi connectivity index (χ3n) is 1.90. The summed E-state index contributed by atoms with van der Waals surface area (Å²) in [6.07, 6.45) is 0. The molecule has 14 heavy (non-hydrogen) atoms. The third-order valence-corrected chi connectivity index (χ3v) is 1.90. The normalized spacial score (nSPS) is 9.64. The van der Waals surface area contributed by atoms with Crippen LogP contribution < -0.4 is 5.32 Å². The van der Waals surface area contributed by atoms with Gasteiger partial charge in [0.25, 0.3) is 5.91 Å². The summed E-state index contributed by atoms with van der Waals surface area (Å²) in [4.78, 5) is 13.2. The molecule has 0 saturated carbocycles. The molecule has 1 N–H and O–H groups in total. The first-order chi connectivity index (χ1) is 6.65. The van der Waals surface area contributed by atoms with Crippen molar-refractivity contribution in [1.82, 2.24) is 4.90 Å². The van der Waals surface area contributed by atoms with E-state index in [-0.39, 0.29) is 5.91 Å². The zero-order valence-electron chi connectivity index (χ0n) is 8.87. The van der Waals surface area contributed by atoms with Crippen LogP contribution in [0.5, 0.6) is 0 Å². The van der Waals surface area contributed by atoms with Crippen molar-refractivity contribution in [1.29, 1.82) is 0 Å². The molecule has 0 aliphatic rings. The molecule has 0 bridgehead atoms. The van der Waals surface area contributed by atoms with Gasteiger partial charge in [0.05, 0.1) is 0 Å². The summed E-state index contributed by atoms with van der Waals surface area (Å²) < 4.78 is 0. The van der Waals surface area contributed by atoms with Crippen molar-refractivity contribution in [3.63, 3.8) is 0 Å². The van der Waals surface area contributed by atoms with E-state index in [1.165, 1.54) is 0 Å². The van der Waals surface area contributed by atoms with Gasteiger partial charge in [-0.15, -0.1) is 0 Å². The number of amides is 1. The number of nitrogens with one attached hydrogen (secondary N) is 1. The van der Waals surface area contributed by atoms with Gasteiger partial charge in [-0.3, -0.25) is 4.79 Å². The minimum absolute atomic E-state index is 0.0322. The van der Waals surface area contributed by atoms with E-state index >= 15 is 0 Å². The largest absolute Gasteiger partial charge is 0.385 e. The molecule has 3 nitrogen and oxygen atoms in total. The van der Waals surface area contributed by atoms with Crippen LogP contribution in [0.4, 0.5) is 5.69 Å². The molecule has 1 amide bonds. The zero-order valence-corrected chi connectivity index (χ0v) is 8.87. The van der Waals surface area contributed by atoms with Crippen molar-refractivity contribution in [2.24, 2.45) is 0 Å². The number of carbonyl (C=O) groups excluding carboxylic acids is 1. The summed E-state index contributed by atoms with van der Waals surface area (Å²) in [5, 5.41) is 3.17. The summed E-state index contributed by atoms with van der Waals surface area (Å²) in [5.41, 5.74) is 1.70.